The van der Waals surface area contributed by atoms with E-state index in [4.69, 9.17) is 37.6 Å². The first-order chi connectivity index (χ1) is 11.9. The number of nitrogens with two attached hydrogens (primary N) is 1. The molecule has 0 amide bonds. The molecular weight excluding hydrogens is 410 g/mol. The van der Waals surface area contributed by atoms with Crippen molar-refractivity contribution < 1.29 is 49.3 Å². The molecule has 0 aromatic rings. The van der Waals surface area contributed by atoms with Crippen molar-refractivity contribution in [2.45, 2.75) is 63.4 Å². The zero-order valence-corrected chi connectivity index (χ0v) is 17.2. The van der Waals surface area contributed by atoms with E-state index in [1.54, 1.807) is 27.7 Å². The van der Waals surface area contributed by atoms with Crippen LogP contribution in [0.5, 0.6) is 0 Å². The Morgan fingerprint density at radius 1 is 1.07 bits per heavy atom. The molecule has 3 heterocycles. The summed E-state index contributed by atoms with van der Waals surface area (Å²) < 4.78 is 81.8. The molecule has 12 nitrogen and oxygen atoms in total. The van der Waals surface area contributed by atoms with Crippen molar-refractivity contribution in [3.05, 3.63) is 0 Å². The molecule has 3 N–H and O–H groups in total. The Balaban J connectivity index is 0.000000465. The lowest BCUT2D eigenvalue weighted by Crippen LogP contribution is -2.60. The Kier molecular flexibility index (Phi) is 6.03. The third-order valence-corrected chi connectivity index (χ3v) is 4.15. The smallest absolute Gasteiger partial charge is 0.333 e. The van der Waals surface area contributed by atoms with Crippen LogP contribution < -0.4 is 5.14 Å². The fourth-order valence-electron chi connectivity index (χ4n) is 3.11. The van der Waals surface area contributed by atoms with Gasteiger partial charge in [-0.2, -0.15) is 16.8 Å². The number of hydrogen-bond acceptors (Lipinski definition) is 10. The Morgan fingerprint density at radius 3 is 2.15 bits per heavy atom. The topological polar surface area (TPSA) is 170 Å². The van der Waals surface area contributed by atoms with Crippen molar-refractivity contribution in [3.8, 4) is 0 Å². The van der Waals surface area contributed by atoms with Crippen LogP contribution in [0.1, 0.15) is 27.7 Å². The van der Waals surface area contributed by atoms with Gasteiger partial charge < -0.3 is 23.7 Å². The van der Waals surface area contributed by atoms with E-state index in [0.717, 1.165) is 0 Å². The zero-order chi connectivity index (χ0) is 20.9. The summed E-state index contributed by atoms with van der Waals surface area (Å²) in [4.78, 5) is 0. The van der Waals surface area contributed by atoms with Gasteiger partial charge in [-0.25, -0.2) is 5.14 Å². The van der Waals surface area contributed by atoms with E-state index in [-0.39, 0.29) is 12.7 Å². The molecule has 0 aromatic heterocycles. The van der Waals surface area contributed by atoms with Gasteiger partial charge in [0.05, 0.1) is 12.9 Å². The third kappa shape index (κ3) is 6.28. The zero-order valence-electron chi connectivity index (χ0n) is 15.6. The Morgan fingerprint density at radius 2 is 1.63 bits per heavy atom. The van der Waals surface area contributed by atoms with Crippen molar-refractivity contribution in [1.82, 2.24) is 0 Å². The molecule has 0 saturated carbocycles. The van der Waals surface area contributed by atoms with Gasteiger partial charge in [-0.15, -0.1) is 0 Å². The van der Waals surface area contributed by atoms with Crippen LogP contribution in [-0.2, 0) is 48.3 Å². The largest absolute Gasteiger partial charge is 0.343 e. The number of hydrogen-bond donors (Lipinski definition) is 2. The molecule has 0 aliphatic carbocycles. The van der Waals surface area contributed by atoms with Crippen LogP contribution in [0.4, 0.5) is 0 Å². The van der Waals surface area contributed by atoms with Crippen LogP contribution in [0.15, 0.2) is 0 Å². The summed E-state index contributed by atoms with van der Waals surface area (Å²) >= 11 is 0. The van der Waals surface area contributed by atoms with E-state index in [1.807, 2.05) is 0 Å². The lowest BCUT2D eigenvalue weighted by atomic mass is 9.98. The van der Waals surface area contributed by atoms with Crippen LogP contribution >= 0.6 is 0 Å². The second-order valence-electron chi connectivity index (χ2n) is 7.29. The van der Waals surface area contributed by atoms with E-state index < -0.39 is 56.6 Å². The Bertz CT molecular complexity index is 755. The average molecular weight is 435 g/mol. The van der Waals surface area contributed by atoms with E-state index in [1.165, 1.54) is 0 Å². The maximum Gasteiger partial charge on any atom is 0.333 e. The van der Waals surface area contributed by atoms with Gasteiger partial charge in [0.15, 0.2) is 11.6 Å². The molecule has 0 unspecified atom stereocenters. The molecule has 14 heteroatoms. The monoisotopic (exact) mass is 435 g/mol. The van der Waals surface area contributed by atoms with Crippen LogP contribution in [-0.4, -0.2) is 76.5 Å². The molecule has 0 radical (unpaired) electrons. The minimum atomic E-state index is -4.14. The van der Waals surface area contributed by atoms with Crippen LogP contribution in [0, 0.1) is 0 Å². The van der Waals surface area contributed by atoms with E-state index >= 15 is 0 Å². The van der Waals surface area contributed by atoms with Gasteiger partial charge in [-0.05, 0) is 27.7 Å². The molecule has 0 aromatic carbocycles. The highest BCUT2D eigenvalue weighted by Crippen LogP contribution is 2.47. The third-order valence-electron chi connectivity index (χ3n) is 3.70. The van der Waals surface area contributed by atoms with Gasteiger partial charge in [0.25, 0.3) is 10.1 Å². The molecule has 3 aliphatic rings. The molecule has 27 heavy (non-hydrogen) atoms. The van der Waals surface area contributed by atoms with E-state index in [0.29, 0.717) is 6.26 Å². The van der Waals surface area contributed by atoms with Crippen molar-refractivity contribution in [2.24, 2.45) is 5.14 Å². The predicted molar refractivity (Wildman–Crippen MR) is 89.1 cm³/mol. The van der Waals surface area contributed by atoms with Gasteiger partial charge >= 0.3 is 10.3 Å². The maximum atomic E-state index is 11.1. The summed E-state index contributed by atoms with van der Waals surface area (Å²) in [6, 6.07) is 0. The molecule has 160 valence electrons. The van der Waals surface area contributed by atoms with Crippen molar-refractivity contribution >= 4 is 20.4 Å². The second kappa shape index (κ2) is 7.12. The highest BCUT2D eigenvalue weighted by Gasteiger charge is 2.65. The first-order valence-corrected chi connectivity index (χ1v) is 11.2. The molecule has 3 aliphatic heterocycles. The summed E-state index contributed by atoms with van der Waals surface area (Å²) in [7, 11) is -7.80. The predicted octanol–water partition coefficient (Wildman–Crippen LogP) is -0.891. The fraction of sp³-hybridized carbons (Fsp3) is 1.00. The van der Waals surface area contributed by atoms with Crippen molar-refractivity contribution in [2.75, 3.05) is 19.5 Å². The van der Waals surface area contributed by atoms with Crippen molar-refractivity contribution in [3.63, 3.8) is 0 Å². The van der Waals surface area contributed by atoms with E-state index in [2.05, 4.69) is 0 Å². The van der Waals surface area contributed by atoms with Gasteiger partial charge in [0.1, 0.15) is 24.9 Å². The molecule has 3 saturated heterocycles. The number of ether oxygens (including phenoxy) is 5. The van der Waals surface area contributed by atoms with Crippen molar-refractivity contribution in [1.29, 1.82) is 0 Å². The molecule has 0 bridgehead atoms. The standard InChI is InChI=1S/C12H21NO8S.CH4O3S/c1-10(2)18-7-5-16-12(6-17-22(13,14)15)9(8(7)19-10)20-11(3,4)21-12;1-5(2,3)4/h7-9H,5-6H2,1-4H3,(H2,13,14,15);1H3,(H,2,3,4)/t7-,8-,9+,12+;/m1./s1. The first-order valence-electron chi connectivity index (χ1n) is 7.89. The van der Waals surface area contributed by atoms with Gasteiger partial charge in [0, 0.05) is 0 Å². The molecular formula is C13H25NO11S2. The normalized spacial score (nSPS) is 37.1. The highest BCUT2D eigenvalue weighted by molar-refractivity contribution is 7.85. The van der Waals surface area contributed by atoms with E-state index in [9.17, 15) is 16.8 Å². The van der Waals surface area contributed by atoms with Gasteiger partial charge in [-0.1, -0.05) is 0 Å². The van der Waals surface area contributed by atoms with Crippen LogP contribution in [0.3, 0.4) is 0 Å². The summed E-state index contributed by atoms with van der Waals surface area (Å²) in [5.74, 6) is -3.19. The maximum absolute atomic E-state index is 11.1. The first kappa shape index (κ1) is 22.9. The molecule has 3 rings (SSSR count). The van der Waals surface area contributed by atoms with Gasteiger partial charge in [0.2, 0.25) is 5.79 Å². The highest BCUT2D eigenvalue weighted by atomic mass is 32.2. The molecule has 3 fully saturated rings. The fourth-order valence-corrected chi connectivity index (χ4v) is 3.44. The summed E-state index contributed by atoms with van der Waals surface area (Å²) in [5, 5.41) is 4.89. The molecule has 4 atom stereocenters. The van der Waals surface area contributed by atoms with Crippen LogP contribution in [0.2, 0.25) is 0 Å². The minimum absolute atomic E-state index is 0.165. The Labute approximate surface area is 158 Å². The lowest BCUT2D eigenvalue weighted by Gasteiger charge is -2.40. The minimum Gasteiger partial charge on any atom is -0.343 e. The quantitative estimate of drug-likeness (QED) is 0.527. The lowest BCUT2D eigenvalue weighted by molar-refractivity contribution is -0.290. The summed E-state index contributed by atoms with van der Waals surface area (Å²) in [6.45, 7) is 6.71. The average Bonchev–Trinajstić information content (AvgIpc) is 2.85. The number of rotatable bonds is 3. The SMILES string of the molecule is CC1(C)O[C@@H]2[C@@H](CO[C@@]3(COS(N)(=O)=O)OC(C)(C)O[C@@H]23)O1.CS(=O)(=O)O. The summed E-state index contributed by atoms with van der Waals surface area (Å²) in [5.41, 5.74) is 0. The second-order valence-corrected chi connectivity index (χ2v) is 9.98. The summed E-state index contributed by atoms with van der Waals surface area (Å²) in [6.07, 6.45) is -0.785. The van der Waals surface area contributed by atoms with Gasteiger partial charge in [-0.3, -0.25) is 8.74 Å². The Hall–Kier alpha value is -0.420. The number of fused-ring (bicyclic) bond motifs is 3. The molecule has 0 spiro atoms. The van der Waals surface area contributed by atoms with Crippen LogP contribution in [0.25, 0.3) is 0 Å².